The molecule has 0 aliphatic heterocycles. The quantitative estimate of drug-likeness (QED) is 0.847. The van der Waals surface area contributed by atoms with Gasteiger partial charge in [-0.3, -0.25) is 0 Å². The van der Waals surface area contributed by atoms with Gasteiger partial charge in [0.05, 0.1) is 6.26 Å². The highest BCUT2D eigenvalue weighted by Gasteiger charge is 2.20. The average molecular weight is 215 g/mol. The van der Waals surface area contributed by atoms with Crippen LogP contribution in [0.2, 0.25) is 0 Å². The molecular formula is C14H17NO. The predicted octanol–water partition coefficient (Wildman–Crippen LogP) is 3.25. The number of nitrogens with one attached hydrogen (secondary N) is 1. The average Bonchev–Trinajstić information content (AvgIpc) is 3.06. The third-order valence-electron chi connectivity index (χ3n) is 3.28. The largest absolute Gasteiger partial charge is 0.464 e. The normalized spacial score (nSPS) is 15.8. The summed E-state index contributed by atoms with van der Waals surface area (Å²) in [6.45, 7) is 3.12. The van der Waals surface area contributed by atoms with Crippen molar-refractivity contribution in [2.24, 2.45) is 0 Å². The third kappa shape index (κ3) is 1.85. The van der Waals surface area contributed by atoms with E-state index in [2.05, 4.69) is 30.4 Å². The van der Waals surface area contributed by atoms with Crippen LogP contribution in [-0.2, 0) is 13.0 Å². The maximum absolute atomic E-state index is 5.56. The predicted molar refractivity (Wildman–Crippen MR) is 65.5 cm³/mol. The standard InChI is InChI=1S/C14H17NO/c1-2-10-3-6-14-13(7-10)11(9-16-14)8-15-12-4-5-12/h3,6-7,9,12,15H,2,4-5,8H2,1H3. The van der Waals surface area contributed by atoms with Crippen LogP contribution in [0.25, 0.3) is 11.0 Å². The zero-order chi connectivity index (χ0) is 11.0. The molecule has 1 N–H and O–H groups in total. The highest BCUT2D eigenvalue weighted by Crippen LogP contribution is 2.24. The second-order valence-corrected chi connectivity index (χ2v) is 4.60. The van der Waals surface area contributed by atoms with Crippen LogP contribution < -0.4 is 5.32 Å². The van der Waals surface area contributed by atoms with Gasteiger partial charge < -0.3 is 9.73 Å². The first-order valence-electron chi connectivity index (χ1n) is 6.09. The van der Waals surface area contributed by atoms with Gasteiger partial charge in [-0.2, -0.15) is 0 Å². The van der Waals surface area contributed by atoms with E-state index in [1.807, 2.05) is 6.26 Å². The first kappa shape index (κ1) is 9.91. The van der Waals surface area contributed by atoms with E-state index in [4.69, 9.17) is 4.42 Å². The van der Waals surface area contributed by atoms with Crippen molar-refractivity contribution in [3.8, 4) is 0 Å². The summed E-state index contributed by atoms with van der Waals surface area (Å²) in [7, 11) is 0. The molecule has 84 valence electrons. The fraction of sp³-hybridized carbons (Fsp3) is 0.429. The third-order valence-corrected chi connectivity index (χ3v) is 3.28. The van der Waals surface area contributed by atoms with Crippen molar-refractivity contribution in [1.82, 2.24) is 5.32 Å². The second kappa shape index (κ2) is 3.95. The van der Waals surface area contributed by atoms with Gasteiger partial charge in [0, 0.05) is 23.5 Å². The Morgan fingerprint density at radius 3 is 3.00 bits per heavy atom. The van der Waals surface area contributed by atoms with E-state index in [9.17, 15) is 0 Å². The fourth-order valence-corrected chi connectivity index (χ4v) is 2.03. The fourth-order valence-electron chi connectivity index (χ4n) is 2.03. The van der Waals surface area contributed by atoms with Crippen LogP contribution in [0.5, 0.6) is 0 Å². The number of furan rings is 1. The summed E-state index contributed by atoms with van der Waals surface area (Å²) >= 11 is 0. The van der Waals surface area contributed by atoms with Gasteiger partial charge in [-0.1, -0.05) is 13.0 Å². The van der Waals surface area contributed by atoms with E-state index in [1.54, 1.807) is 0 Å². The number of hydrogen-bond acceptors (Lipinski definition) is 2. The molecule has 0 amide bonds. The van der Waals surface area contributed by atoms with Crippen molar-refractivity contribution in [1.29, 1.82) is 0 Å². The number of rotatable bonds is 4. The molecule has 2 nitrogen and oxygen atoms in total. The van der Waals surface area contributed by atoms with Gasteiger partial charge in [-0.15, -0.1) is 0 Å². The lowest BCUT2D eigenvalue weighted by Crippen LogP contribution is -2.14. The molecule has 0 bridgehead atoms. The van der Waals surface area contributed by atoms with Gasteiger partial charge in [0.2, 0.25) is 0 Å². The number of hydrogen-bond donors (Lipinski definition) is 1. The minimum absolute atomic E-state index is 0.749. The molecule has 1 saturated carbocycles. The van der Waals surface area contributed by atoms with Gasteiger partial charge in [-0.25, -0.2) is 0 Å². The van der Waals surface area contributed by atoms with E-state index in [0.717, 1.165) is 24.6 Å². The lowest BCUT2D eigenvalue weighted by atomic mass is 10.1. The summed E-state index contributed by atoms with van der Waals surface area (Å²) in [6, 6.07) is 7.22. The second-order valence-electron chi connectivity index (χ2n) is 4.60. The zero-order valence-electron chi connectivity index (χ0n) is 9.62. The SMILES string of the molecule is CCc1ccc2occ(CNC3CC3)c2c1. The minimum atomic E-state index is 0.749. The van der Waals surface area contributed by atoms with E-state index in [1.165, 1.54) is 29.4 Å². The topological polar surface area (TPSA) is 25.2 Å². The van der Waals surface area contributed by atoms with Gasteiger partial charge in [-0.05, 0) is 37.0 Å². The maximum Gasteiger partial charge on any atom is 0.134 e. The molecular weight excluding hydrogens is 198 g/mol. The molecule has 0 unspecified atom stereocenters. The van der Waals surface area contributed by atoms with E-state index >= 15 is 0 Å². The maximum atomic E-state index is 5.56. The Balaban J connectivity index is 1.89. The highest BCUT2D eigenvalue weighted by molar-refractivity contribution is 5.81. The summed E-state index contributed by atoms with van der Waals surface area (Å²) in [5.41, 5.74) is 3.67. The Morgan fingerprint density at radius 2 is 2.25 bits per heavy atom. The number of fused-ring (bicyclic) bond motifs is 1. The van der Waals surface area contributed by atoms with E-state index < -0.39 is 0 Å². The molecule has 0 radical (unpaired) electrons. The lowest BCUT2D eigenvalue weighted by Gasteiger charge is -2.01. The lowest BCUT2D eigenvalue weighted by molar-refractivity contribution is 0.601. The van der Waals surface area contributed by atoms with Crippen molar-refractivity contribution in [2.75, 3.05) is 0 Å². The molecule has 1 aromatic carbocycles. The Morgan fingerprint density at radius 1 is 1.38 bits per heavy atom. The molecule has 2 aromatic rings. The van der Waals surface area contributed by atoms with Gasteiger partial charge in [0.25, 0.3) is 0 Å². The van der Waals surface area contributed by atoms with Crippen LogP contribution in [0.1, 0.15) is 30.9 Å². The first-order chi connectivity index (χ1) is 7.86. The summed E-state index contributed by atoms with van der Waals surface area (Å²) in [5, 5.41) is 4.80. The summed E-state index contributed by atoms with van der Waals surface area (Å²) in [5.74, 6) is 0. The number of aryl methyl sites for hydroxylation is 1. The molecule has 1 aliphatic rings. The molecule has 0 spiro atoms. The van der Waals surface area contributed by atoms with Crippen molar-refractivity contribution in [3.05, 3.63) is 35.6 Å². The van der Waals surface area contributed by atoms with Crippen molar-refractivity contribution in [3.63, 3.8) is 0 Å². The Kier molecular flexibility index (Phi) is 2.44. The van der Waals surface area contributed by atoms with Gasteiger partial charge >= 0.3 is 0 Å². The van der Waals surface area contributed by atoms with Crippen LogP contribution in [-0.4, -0.2) is 6.04 Å². The molecule has 1 fully saturated rings. The minimum Gasteiger partial charge on any atom is -0.464 e. The van der Waals surface area contributed by atoms with Crippen LogP contribution >= 0.6 is 0 Å². The van der Waals surface area contributed by atoms with Crippen LogP contribution in [0.3, 0.4) is 0 Å². The van der Waals surface area contributed by atoms with Crippen molar-refractivity contribution in [2.45, 2.75) is 38.8 Å². The van der Waals surface area contributed by atoms with E-state index in [-0.39, 0.29) is 0 Å². The molecule has 16 heavy (non-hydrogen) atoms. The smallest absolute Gasteiger partial charge is 0.134 e. The molecule has 2 heteroatoms. The molecule has 1 aromatic heterocycles. The van der Waals surface area contributed by atoms with Crippen LogP contribution in [0, 0.1) is 0 Å². The summed E-state index contributed by atoms with van der Waals surface area (Å²) in [4.78, 5) is 0. The molecule has 0 atom stereocenters. The Labute approximate surface area is 95.6 Å². The molecule has 0 saturated heterocycles. The molecule has 3 rings (SSSR count). The Hall–Kier alpha value is -1.28. The Bertz CT molecular complexity index is 496. The van der Waals surface area contributed by atoms with Crippen molar-refractivity contribution >= 4 is 11.0 Å². The van der Waals surface area contributed by atoms with Crippen molar-refractivity contribution < 1.29 is 4.42 Å². The van der Waals surface area contributed by atoms with Gasteiger partial charge in [0.15, 0.2) is 0 Å². The summed E-state index contributed by atoms with van der Waals surface area (Å²) in [6.07, 6.45) is 5.63. The number of benzene rings is 1. The summed E-state index contributed by atoms with van der Waals surface area (Å²) < 4.78 is 5.56. The molecule has 1 aliphatic carbocycles. The molecule has 1 heterocycles. The monoisotopic (exact) mass is 215 g/mol. The van der Waals surface area contributed by atoms with Gasteiger partial charge in [0.1, 0.15) is 5.58 Å². The van der Waals surface area contributed by atoms with Crippen LogP contribution in [0.4, 0.5) is 0 Å². The first-order valence-corrected chi connectivity index (χ1v) is 6.09. The van der Waals surface area contributed by atoms with Crippen LogP contribution in [0.15, 0.2) is 28.9 Å². The van der Waals surface area contributed by atoms with E-state index in [0.29, 0.717) is 0 Å². The highest BCUT2D eigenvalue weighted by atomic mass is 16.3. The zero-order valence-corrected chi connectivity index (χ0v) is 9.62.